The quantitative estimate of drug-likeness (QED) is 0.360. The van der Waals surface area contributed by atoms with Crippen LogP contribution in [-0.4, -0.2) is 19.6 Å². The second kappa shape index (κ2) is 8.84. The molecule has 0 aliphatic carbocycles. The van der Waals surface area contributed by atoms with Crippen molar-refractivity contribution in [3.63, 3.8) is 0 Å². The molecular formula is C25H22BrN5S. The average Bonchev–Trinajstić information content (AvgIpc) is 3.40. The molecule has 7 heteroatoms. The fourth-order valence-corrected chi connectivity index (χ4v) is 4.83. The third-order valence-electron chi connectivity index (χ3n) is 5.76. The number of hydrogen-bond donors (Lipinski definition) is 1. The van der Waals surface area contributed by atoms with E-state index in [9.17, 15) is 0 Å². The molecule has 4 heterocycles. The van der Waals surface area contributed by atoms with Crippen LogP contribution in [0.1, 0.15) is 34.6 Å². The Morgan fingerprint density at radius 2 is 1.97 bits per heavy atom. The Morgan fingerprint density at radius 3 is 2.72 bits per heavy atom. The molecule has 0 radical (unpaired) electrons. The van der Waals surface area contributed by atoms with Gasteiger partial charge in [-0.2, -0.15) is 0 Å². The Hall–Kier alpha value is -3.03. The number of benzene rings is 1. The van der Waals surface area contributed by atoms with Crippen LogP contribution >= 0.6 is 28.1 Å². The van der Waals surface area contributed by atoms with Crippen molar-refractivity contribution in [3.05, 3.63) is 112 Å². The molecule has 1 aliphatic rings. The summed E-state index contributed by atoms with van der Waals surface area (Å²) in [6.07, 6.45) is 7.66. The van der Waals surface area contributed by atoms with E-state index in [1.165, 1.54) is 0 Å². The van der Waals surface area contributed by atoms with Crippen molar-refractivity contribution in [2.45, 2.75) is 25.6 Å². The lowest BCUT2D eigenvalue weighted by atomic mass is 10.0. The summed E-state index contributed by atoms with van der Waals surface area (Å²) in [5, 5.41) is 4.24. The van der Waals surface area contributed by atoms with E-state index in [1.54, 1.807) is 6.20 Å². The van der Waals surface area contributed by atoms with Crippen LogP contribution in [0.15, 0.2) is 89.9 Å². The average molecular weight is 504 g/mol. The topological polar surface area (TPSA) is 46.0 Å². The second-order valence-electron chi connectivity index (χ2n) is 7.85. The largest absolute Gasteiger partial charge is 0.351 e. The van der Waals surface area contributed by atoms with Crippen molar-refractivity contribution < 1.29 is 0 Å². The molecule has 0 spiro atoms. The van der Waals surface area contributed by atoms with E-state index in [2.05, 4.69) is 96.3 Å². The third-order valence-corrected chi connectivity index (χ3v) is 6.97. The summed E-state index contributed by atoms with van der Waals surface area (Å²) in [7, 11) is 0. The molecule has 1 fully saturated rings. The predicted octanol–water partition coefficient (Wildman–Crippen LogP) is 5.57. The highest BCUT2D eigenvalue weighted by Crippen LogP contribution is 2.42. The summed E-state index contributed by atoms with van der Waals surface area (Å²) in [4.78, 5) is 11.1. The van der Waals surface area contributed by atoms with Gasteiger partial charge >= 0.3 is 0 Å². The Bertz CT molecular complexity index is 1240. The lowest BCUT2D eigenvalue weighted by Gasteiger charge is -2.29. The second-order valence-corrected chi connectivity index (χ2v) is 9.09. The maximum Gasteiger partial charge on any atom is 0.174 e. The Labute approximate surface area is 201 Å². The molecule has 4 aromatic rings. The van der Waals surface area contributed by atoms with E-state index < -0.39 is 0 Å². The van der Waals surface area contributed by atoms with Gasteiger partial charge in [0.1, 0.15) is 6.04 Å². The van der Waals surface area contributed by atoms with Gasteiger partial charge < -0.3 is 14.8 Å². The molecule has 1 aliphatic heterocycles. The van der Waals surface area contributed by atoms with Gasteiger partial charge in [0.2, 0.25) is 0 Å². The number of aromatic nitrogens is 3. The van der Waals surface area contributed by atoms with Gasteiger partial charge in [0.25, 0.3) is 0 Å². The maximum absolute atomic E-state index is 5.86. The van der Waals surface area contributed by atoms with Crippen molar-refractivity contribution in [2.24, 2.45) is 0 Å². The number of thiocarbonyl (C=S) groups is 1. The minimum Gasteiger partial charge on any atom is -0.351 e. The molecule has 0 amide bonds. The maximum atomic E-state index is 5.86. The highest BCUT2D eigenvalue weighted by molar-refractivity contribution is 9.10. The van der Waals surface area contributed by atoms with Gasteiger partial charge in [0.15, 0.2) is 5.11 Å². The first-order valence-corrected chi connectivity index (χ1v) is 11.6. The van der Waals surface area contributed by atoms with Crippen LogP contribution in [0.25, 0.3) is 0 Å². The number of anilines is 1. The summed E-state index contributed by atoms with van der Waals surface area (Å²) in [6.45, 7) is 2.83. The van der Waals surface area contributed by atoms with Crippen molar-refractivity contribution in [3.8, 4) is 0 Å². The number of rotatable bonds is 5. The first-order valence-electron chi connectivity index (χ1n) is 10.4. The Morgan fingerprint density at radius 1 is 1.06 bits per heavy atom. The van der Waals surface area contributed by atoms with E-state index in [0.29, 0.717) is 5.11 Å². The zero-order valence-corrected chi connectivity index (χ0v) is 19.9. The number of hydrogen-bond acceptors (Lipinski definition) is 3. The zero-order chi connectivity index (χ0) is 22.1. The Balaban J connectivity index is 1.61. The van der Waals surface area contributed by atoms with Crippen LogP contribution in [0.5, 0.6) is 0 Å². The molecule has 0 saturated carbocycles. The molecule has 5 nitrogen and oxygen atoms in total. The molecule has 2 atom stereocenters. The molecule has 32 heavy (non-hydrogen) atoms. The van der Waals surface area contributed by atoms with E-state index in [-0.39, 0.29) is 12.1 Å². The van der Waals surface area contributed by atoms with E-state index in [1.807, 2.05) is 30.6 Å². The van der Waals surface area contributed by atoms with Gasteiger partial charge in [-0.25, -0.2) is 0 Å². The highest BCUT2D eigenvalue weighted by atomic mass is 79.9. The van der Waals surface area contributed by atoms with Gasteiger partial charge in [-0.15, -0.1) is 0 Å². The summed E-state index contributed by atoms with van der Waals surface area (Å²) >= 11 is 9.47. The van der Waals surface area contributed by atoms with Crippen LogP contribution in [0, 0.1) is 6.92 Å². The van der Waals surface area contributed by atoms with Gasteiger partial charge in [-0.3, -0.25) is 9.97 Å². The van der Waals surface area contributed by atoms with Crippen molar-refractivity contribution in [1.82, 2.24) is 19.9 Å². The molecular weight excluding hydrogens is 482 g/mol. The predicted molar refractivity (Wildman–Crippen MR) is 135 cm³/mol. The molecule has 0 unspecified atom stereocenters. The summed E-state index contributed by atoms with van der Waals surface area (Å²) in [5.41, 5.74) is 5.50. The normalized spacial score (nSPS) is 18.1. The van der Waals surface area contributed by atoms with Gasteiger partial charge in [0, 0.05) is 47.2 Å². The standard InChI is InChI=1S/C25H22BrN5S/c1-17-14-19(9-10-20(17)26)31-24(23(29-25(31)32)21-7-2-3-12-28-21)22-8-5-13-30(22)16-18-6-4-11-27-15-18/h2-15,23-24H,16H2,1H3,(H,29,32)/t23-,24+/m1/s1. The summed E-state index contributed by atoms with van der Waals surface area (Å²) in [5.74, 6) is 0. The van der Waals surface area contributed by atoms with Crippen molar-refractivity contribution in [1.29, 1.82) is 0 Å². The minimum absolute atomic E-state index is 0.0513. The molecule has 1 aromatic carbocycles. The van der Waals surface area contributed by atoms with Crippen LogP contribution in [0.4, 0.5) is 5.69 Å². The van der Waals surface area contributed by atoms with Gasteiger partial charge in [0.05, 0.1) is 11.7 Å². The fraction of sp³-hybridized carbons (Fsp3) is 0.160. The van der Waals surface area contributed by atoms with Crippen molar-refractivity contribution >= 4 is 38.9 Å². The van der Waals surface area contributed by atoms with Gasteiger partial charge in [-0.05, 0) is 78.8 Å². The molecule has 5 rings (SSSR count). The Kier molecular flexibility index (Phi) is 5.76. The summed E-state index contributed by atoms with van der Waals surface area (Å²) in [6, 6.07) is 20.6. The number of halogens is 1. The molecule has 0 bridgehead atoms. The fourth-order valence-electron chi connectivity index (χ4n) is 4.24. The first-order chi connectivity index (χ1) is 15.6. The number of aryl methyl sites for hydroxylation is 1. The van der Waals surface area contributed by atoms with E-state index >= 15 is 0 Å². The number of nitrogens with zero attached hydrogens (tertiary/aromatic N) is 4. The monoisotopic (exact) mass is 503 g/mol. The first kappa shape index (κ1) is 20.8. The van der Waals surface area contributed by atoms with Crippen LogP contribution in [0.2, 0.25) is 0 Å². The molecule has 1 saturated heterocycles. The zero-order valence-electron chi connectivity index (χ0n) is 17.5. The molecule has 3 aromatic heterocycles. The number of pyridine rings is 2. The van der Waals surface area contributed by atoms with Crippen LogP contribution in [0.3, 0.4) is 0 Å². The van der Waals surface area contributed by atoms with E-state index in [4.69, 9.17) is 12.2 Å². The third kappa shape index (κ3) is 3.94. The minimum atomic E-state index is -0.0739. The lowest BCUT2D eigenvalue weighted by Crippen LogP contribution is -2.30. The van der Waals surface area contributed by atoms with Crippen LogP contribution < -0.4 is 10.2 Å². The number of nitrogens with one attached hydrogen (secondary N) is 1. The van der Waals surface area contributed by atoms with Crippen LogP contribution in [-0.2, 0) is 6.54 Å². The highest BCUT2D eigenvalue weighted by Gasteiger charge is 2.42. The summed E-state index contributed by atoms with van der Waals surface area (Å²) < 4.78 is 3.35. The smallest absolute Gasteiger partial charge is 0.174 e. The van der Waals surface area contributed by atoms with Gasteiger partial charge in [-0.1, -0.05) is 28.1 Å². The lowest BCUT2D eigenvalue weighted by molar-refractivity contribution is 0.533. The SMILES string of the molecule is Cc1cc(N2C(=S)N[C@H](c3ccccn3)[C@@H]2c2cccn2Cc2cccnc2)ccc1Br. The van der Waals surface area contributed by atoms with E-state index in [0.717, 1.165) is 39.2 Å². The molecule has 160 valence electrons. The molecule has 1 N–H and O–H groups in total. The van der Waals surface area contributed by atoms with Crippen molar-refractivity contribution in [2.75, 3.05) is 4.90 Å².